The van der Waals surface area contributed by atoms with E-state index < -0.39 is 0 Å². The molecule has 0 aliphatic carbocycles. The predicted octanol–water partition coefficient (Wildman–Crippen LogP) is 3.14. The summed E-state index contributed by atoms with van der Waals surface area (Å²) in [5, 5.41) is 3.34. The first-order valence-electron chi connectivity index (χ1n) is 6.91. The normalized spacial score (nSPS) is 12.3. The van der Waals surface area contributed by atoms with Crippen LogP contribution in [0.15, 0.2) is 23.8 Å². The summed E-state index contributed by atoms with van der Waals surface area (Å²) in [5.41, 5.74) is 4.02. The molecule has 2 aromatic rings. The van der Waals surface area contributed by atoms with Crippen molar-refractivity contribution in [2.45, 2.75) is 33.2 Å². The Kier molecular flexibility index (Phi) is 5.49. The molecule has 2 heterocycles. The largest absolute Gasteiger partial charge is 0.492 e. The van der Waals surface area contributed by atoms with Crippen molar-refractivity contribution in [1.29, 1.82) is 0 Å². The van der Waals surface area contributed by atoms with Gasteiger partial charge in [0, 0.05) is 17.3 Å². The van der Waals surface area contributed by atoms with Crippen molar-refractivity contribution in [1.82, 2.24) is 15.3 Å². The van der Waals surface area contributed by atoms with Crippen molar-refractivity contribution in [3.05, 3.63) is 40.1 Å². The molecular weight excluding hydrogens is 270 g/mol. The smallest absolute Gasteiger partial charge is 0.137 e. The summed E-state index contributed by atoms with van der Waals surface area (Å²) in [7, 11) is 0. The van der Waals surface area contributed by atoms with Gasteiger partial charge >= 0.3 is 0 Å². The number of hydrogen-bond acceptors (Lipinski definition) is 5. The van der Waals surface area contributed by atoms with Crippen LogP contribution >= 0.6 is 11.3 Å². The Labute approximate surface area is 124 Å². The molecule has 0 saturated carbocycles. The second-order valence-electron chi connectivity index (χ2n) is 4.66. The van der Waals surface area contributed by atoms with Crippen LogP contribution in [0.5, 0.6) is 5.75 Å². The van der Waals surface area contributed by atoms with Crippen LogP contribution in [-0.2, 0) is 6.42 Å². The van der Waals surface area contributed by atoms with Crippen molar-refractivity contribution >= 4 is 11.3 Å². The van der Waals surface area contributed by atoms with Crippen LogP contribution in [0.1, 0.15) is 36.2 Å². The van der Waals surface area contributed by atoms with Crippen molar-refractivity contribution < 1.29 is 4.74 Å². The Morgan fingerprint density at radius 2 is 2.20 bits per heavy atom. The third-order valence-electron chi connectivity index (χ3n) is 3.16. The quantitative estimate of drug-likeness (QED) is 0.851. The third kappa shape index (κ3) is 4.02. The van der Waals surface area contributed by atoms with Crippen molar-refractivity contribution in [3.63, 3.8) is 0 Å². The van der Waals surface area contributed by atoms with Crippen LogP contribution in [-0.4, -0.2) is 23.1 Å². The molecule has 5 heteroatoms. The minimum atomic E-state index is 0.272. The van der Waals surface area contributed by atoms with Gasteiger partial charge in [0.2, 0.25) is 0 Å². The van der Waals surface area contributed by atoms with Crippen molar-refractivity contribution in [3.8, 4) is 5.75 Å². The Balaban J connectivity index is 1.83. The molecule has 0 aliphatic rings. The highest BCUT2D eigenvalue weighted by Gasteiger charge is 2.06. The third-order valence-corrected chi connectivity index (χ3v) is 4.15. The van der Waals surface area contributed by atoms with Gasteiger partial charge in [-0.25, -0.2) is 4.98 Å². The lowest BCUT2D eigenvalue weighted by molar-refractivity contribution is 0.321. The van der Waals surface area contributed by atoms with Gasteiger partial charge in [-0.1, -0.05) is 6.92 Å². The zero-order valence-corrected chi connectivity index (χ0v) is 13.0. The van der Waals surface area contributed by atoms with Gasteiger partial charge in [-0.15, -0.1) is 11.3 Å². The first kappa shape index (κ1) is 14.9. The molecule has 20 heavy (non-hydrogen) atoms. The fourth-order valence-corrected chi connectivity index (χ4v) is 2.73. The average Bonchev–Trinajstić information content (AvgIpc) is 2.85. The summed E-state index contributed by atoms with van der Waals surface area (Å²) in [6.45, 7) is 7.83. The van der Waals surface area contributed by atoms with Gasteiger partial charge in [0.05, 0.1) is 29.7 Å². The summed E-state index contributed by atoms with van der Waals surface area (Å²) in [4.78, 5) is 9.95. The van der Waals surface area contributed by atoms with Crippen molar-refractivity contribution in [2.75, 3.05) is 13.2 Å². The Morgan fingerprint density at radius 1 is 1.35 bits per heavy atom. The molecule has 0 aliphatic heterocycles. The standard InChI is InChI=1S/C15H21N3OS/c1-4-16-11(2)14-6-5-13(9-17-14)19-8-7-15-12(3)18-10-20-15/h5-6,9-11,16H,4,7-8H2,1-3H3. The Hall–Kier alpha value is -1.46. The summed E-state index contributed by atoms with van der Waals surface area (Å²) in [6.07, 6.45) is 2.69. The predicted molar refractivity (Wildman–Crippen MR) is 82.4 cm³/mol. The van der Waals surface area contributed by atoms with Gasteiger partial charge in [0.25, 0.3) is 0 Å². The van der Waals surface area contributed by atoms with E-state index in [1.807, 2.05) is 24.6 Å². The van der Waals surface area contributed by atoms with Gasteiger partial charge in [-0.3, -0.25) is 4.98 Å². The maximum absolute atomic E-state index is 5.73. The van der Waals surface area contributed by atoms with Crippen LogP contribution < -0.4 is 10.1 Å². The second-order valence-corrected chi connectivity index (χ2v) is 5.60. The molecule has 0 amide bonds. The number of aromatic nitrogens is 2. The average molecular weight is 291 g/mol. The minimum absolute atomic E-state index is 0.272. The zero-order valence-electron chi connectivity index (χ0n) is 12.2. The first-order chi connectivity index (χ1) is 9.70. The lowest BCUT2D eigenvalue weighted by Gasteiger charge is -2.12. The molecule has 0 saturated heterocycles. The lowest BCUT2D eigenvalue weighted by Crippen LogP contribution is -2.18. The molecule has 0 fully saturated rings. The minimum Gasteiger partial charge on any atom is -0.492 e. The zero-order chi connectivity index (χ0) is 14.4. The van der Waals surface area contributed by atoms with Gasteiger partial charge in [0.15, 0.2) is 0 Å². The van der Waals surface area contributed by atoms with E-state index in [0.29, 0.717) is 6.61 Å². The van der Waals surface area contributed by atoms with E-state index in [0.717, 1.165) is 30.1 Å². The molecule has 0 radical (unpaired) electrons. The van der Waals surface area contributed by atoms with Gasteiger partial charge in [0.1, 0.15) is 5.75 Å². The van der Waals surface area contributed by atoms with Crippen LogP contribution in [0.4, 0.5) is 0 Å². The molecule has 0 bridgehead atoms. The van der Waals surface area contributed by atoms with Crippen LogP contribution in [0.3, 0.4) is 0 Å². The van der Waals surface area contributed by atoms with E-state index >= 15 is 0 Å². The van der Waals surface area contributed by atoms with E-state index in [1.165, 1.54) is 4.88 Å². The molecule has 1 atom stereocenters. The van der Waals surface area contributed by atoms with Crippen LogP contribution in [0.2, 0.25) is 0 Å². The monoisotopic (exact) mass is 291 g/mol. The number of pyridine rings is 1. The number of nitrogens with one attached hydrogen (secondary N) is 1. The molecule has 2 aromatic heterocycles. The second kappa shape index (κ2) is 7.36. The molecule has 0 aromatic carbocycles. The summed E-state index contributed by atoms with van der Waals surface area (Å²) < 4.78 is 5.73. The maximum atomic E-state index is 5.73. The summed E-state index contributed by atoms with van der Waals surface area (Å²) in [6, 6.07) is 4.27. The Morgan fingerprint density at radius 3 is 2.80 bits per heavy atom. The van der Waals surface area contributed by atoms with Gasteiger partial charge < -0.3 is 10.1 Å². The van der Waals surface area contributed by atoms with E-state index in [9.17, 15) is 0 Å². The Bertz CT molecular complexity index is 524. The fourth-order valence-electron chi connectivity index (χ4n) is 1.97. The highest BCUT2D eigenvalue weighted by Crippen LogP contribution is 2.16. The number of hydrogen-bond donors (Lipinski definition) is 1. The fraction of sp³-hybridized carbons (Fsp3) is 0.467. The number of nitrogens with zero attached hydrogens (tertiary/aromatic N) is 2. The number of thiazole rings is 1. The van der Waals surface area contributed by atoms with Gasteiger partial charge in [-0.2, -0.15) is 0 Å². The topological polar surface area (TPSA) is 47.0 Å². The first-order valence-corrected chi connectivity index (χ1v) is 7.79. The molecule has 1 unspecified atom stereocenters. The van der Waals surface area contributed by atoms with E-state index in [1.54, 1.807) is 17.5 Å². The molecule has 2 rings (SSSR count). The maximum Gasteiger partial charge on any atom is 0.137 e. The van der Waals surface area contributed by atoms with E-state index in [2.05, 4.69) is 29.1 Å². The molecule has 4 nitrogen and oxygen atoms in total. The van der Waals surface area contributed by atoms with E-state index in [-0.39, 0.29) is 6.04 Å². The SMILES string of the molecule is CCNC(C)c1ccc(OCCc2scnc2C)cn1. The van der Waals surface area contributed by atoms with Crippen LogP contribution in [0.25, 0.3) is 0 Å². The summed E-state index contributed by atoms with van der Waals surface area (Å²) in [5.74, 6) is 0.819. The lowest BCUT2D eigenvalue weighted by atomic mass is 10.2. The van der Waals surface area contributed by atoms with Gasteiger partial charge in [-0.05, 0) is 32.5 Å². The van der Waals surface area contributed by atoms with E-state index in [4.69, 9.17) is 4.74 Å². The van der Waals surface area contributed by atoms with Crippen LogP contribution in [0, 0.1) is 6.92 Å². The van der Waals surface area contributed by atoms with Crippen molar-refractivity contribution in [2.24, 2.45) is 0 Å². The number of aryl methyl sites for hydroxylation is 1. The molecule has 108 valence electrons. The summed E-state index contributed by atoms with van der Waals surface area (Å²) >= 11 is 1.68. The highest BCUT2D eigenvalue weighted by atomic mass is 32.1. The molecule has 0 spiro atoms. The molecule has 1 N–H and O–H groups in total. The number of rotatable bonds is 7. The number of ether oxygens (including phenoxy) is 1. The molecular formula is C15H21N3OS. The highest BCUT2D eigenvalue weighted by molar-refractivity contribution is 7.09.